The Kier molecular flexibility index (Phi) is 5.34. The van der Waals surface area contributed by atoms with Crippen LogP contribution in [0.25, 0.3) is 22.2 Å². The Balaban J connectivity index is 2.44. The fourth-order valence-electron chi connectivity index (χ4n) is 2.91. The molecule has 0 saturated heterocycles. The average Bonchev–Trinajstić information content (AvgIpc) is 2.95. The fraction of sp³-hybridized carbons (Fsp3) is 0.0667. The fourth-order valence-corrected chi connectivity index (χ4v) is 4.34. The third-order valence-electron chi connectivity index (χ3n) is 4.13. The number of imidazole rings is 1. The molecule has 0 radical (unpaired) electrons. The van der Waals surface area contributed by atoms with E-state index in [9.17, 15) is 4.21 Å². The maximum atomic E-state index is 12.3. The van der Waals surface area contributed by atoms with Crippen LogP contribution in [-0.2, 0) is 18.0 Å². The van der Waals surface area contributed by atoms with Crippen LogP contribution in [0.2, 0.25) is 0 Å². The van der Waals surface area contributed by atoms with Crippen molar-refractivity contribution in [3.8, 4) is 11.1 Å². The SMILES string of the molecule is Cn1c(N)nc2c(-c3ccc(SN)c(S(N)=O)c3/C(N)=N/NN)cccc21. The van der Waals surface area contributed by atoms with E-state index in [4.69, 9.17) is 27.6 Å². The Morgan fingerprint density at radius 3 is 2.67 bits per heavy atom. The predicted octanol–water partition coefficient (Wildman–Crippen LogP) is -0.147. The summed E-state index contributed by atoms with van der Waals surface area (Å²) in [6.45, 7) is 0. The molecule has 0 spiro atoms. The van der Waals surface area contributed by atoms with Crippen LogP contribution < -0.4 is 33.1 Å². The Bertz CT molecular complexity index is 1080. The summed E-state index contributed by atoms with van der Waals surface area (Å²) in [5.41, 5.74) is 17.4. The minimum absolute atomic E-state index is 0.0121. The second kappa shape index (κ2) is 7.54. The molecule has 0 aliphatic rings. The molecule has 12 heteroatoms. The number of rotatable bonds is 5. The van der Waals surface area contributed by atoms with Gasteiger partial charge in [-0.15, -0.1) is 5.10 Å². The molecule has 1 unspecified atom stereocenters. The zero-order valence-electron chi connectivity index (χ0n) is 14.3. The second-order valence-corrected chi connectivity index (χ2v) is 7.24. The molecule has 11 N–H and O–H groups in total. The van der Waals surface area contributed by atoms with Crippen LogP contribution in [0.5, 0.6) is 0 Å². The van der Waals surface area contributed by atoms with Crippen molar-refractivity contribution in [1.82, 2.24) is 15.1 Å². The van der Waals surface area contributed by atoms with Crippen LogP contribution in [0.15, 0.2) is 45.2 Å². The van der Waals surface area contributed by atoms with Crippen molar-refractivity contribution in [2.24, 2.45) is 34.0 Å². The third-order valence-corrected chi connectivity index (χ3v) is 5.68. The maximum absolute atomic E-state index is 12.3. The highest BCUT2D eigenvalue weighted by atomic mass is 32.2. The molecular formula is C15H19N9OS2. The number of hydrogen-bond donors (Lipinski definition) is 6. The van der Waals surface area contributed by atoms with Gasteiger partial charge in [0.2, 0.25) is 5.95 Å². The molecule has 0 amide bonds. The number of nitrogens with two attached hydrogens (primary N) is 5. The van der Waals surface area contributed by atoms with E-state index in [-0.39, 0.29) is 10.7 Å². The minimum Gasteiger partial charge on any atom is -0.382 e. The molecule has 142 valence electrons. The van der Waals surface area contributed by atoms with Crippen LogP contribution in [0.3, 0.4) is 0 Å². The number of anilines is 1. The summed E-state index contributed by atoms with van der Waals surface area (Å²) >= 11 is 0.912. The Morgan fingerprint density at radius 2 is 2.04 bits per heavy atom. The molecule has 0 fully saturated rings. The number of hydrazone groups is 1. The van der Waals surface area contributed by atoms with Crippen LogP contribution in [0, 0.1) is 0 Å². The lowest BCUT2D eigenvalue weighted by molar-refractivity contribution is 0.682. The molecule has 1 aromatic heterocycles. The predicted molar refractivity (Wildman–Crippen MR) is 109 cm³/mol. The van der Waals surface area contributed by atoms with Crippen molar-refractivity contribution in [3.05, 3.63) is 35.9 Å². The van der Waals surface area contributed by atoms with Gasteiger partial charge in [-0.1, -0.05) is 18.2 Å². The van der Waals surface area contributed by atoms with Crippen molar-refractivity contribution in [2.75, 3.05) is 5.73 Å². The number of hydrazine groups is 1. The summed E-state index contributed by atoms with van der Waals surface area (Å²) in [6, 6.07) is 9.13. The smallest absolute Gasteiger partial charge is 0.200 e. The zero-order valence-corrected chi connectivity index (χ0v) is 16.0. The standard InChI is InChI=1S/C15H19N9OS2/c1-24-9-4-2-3-8(12(9)21-15(24)17)7-5-6-10(26-19)13(27(20)25)11(7)14(16)22-23-18/h2-6,23H,18-20H2,1H3,(H2,16,22)(H2,17,21). The lowest BCUT2D eigenvalue weighted by Gasteiger charge is -2.16. The first kappa shape index (κ1) is 19.1. The molecule has 0 bridgehead atoms. The summed E-state index contributed by atoms with van der Waals surface area (Å²) in [6.07, 6.45) is 0. The van der Waals surface area contributed by atoms with Crippen molar-refractivity contribution in [3.63, 3.8) is 0 Å². The molecule has 27 heavy (non-hydrogen) atoms. The van der Waals surface area contributed by atoms with Crippen LogP contribution in [0.4, 0.5) is 5.95 Å². The molecule has 1 atom stereocenters. The van der Waals surface area contributed by atoms with Gasteiger partial charge in [0, 0.05) is 23.1 Å². The summed E-state index contributed by atoms with van der Waals surface area (Å²) in [7, 11) is -0.0561. The number of aryl methyl sites for hydroxylation is 1. The van der Waals surface area contributed by atoms with E-state index < -0.39 is 11.0 Å². The van der Waals surface area contributed by atoms with Gasteiger partial charge in [-0.25, -0.2) is 25.7 Å². The summed E-state index contributed by atoms with van der Waals surface area (Å²) in [5.74, 6) is 5.65. The van der Waals surface area contributed by atoms with Crippen molar-refractivity contribution in [2.45, 2.75) is 9.79 Å². The van der Waals surface area contributed by atoms with Gasteiger partial charge >= 0.3 is 0 Å². The van der Waals surface area contributed by atoms with Crippen molar-refractivity contribution < 1.29 is 4.21 Å². The average molecular weight is 406 g/mol. The normalized spacial score (nSPS) is 13.1. The van der Waals surface area contributed by atoms with Crippen molar-refractivity contribution in [1.29, 1.82) is 0 Å². The lowest BCUT2D eigenvalue weighted by atomic mass is 9.97. The minimum atomic E-state index is -1.87. The van der Waals surface area contributed by atoms with Crippen molar-refractivity contribution >= 4 is 45.8 Å². The number of para-hydroxylation sites is 1. The van der Waals surface area contributed by atoms with Gasteiger partial charge in [-0.05, 0) is 29.6 Å². The number of aromatic nitrogens is 2. The van der Waals surface area contributed by atoms with Gasteiger partial charge in [0.1, 0.15) is 11.0 Å². The molecule has 3 rings (SSSR count). The number of nitrogens with one attached hydrogen (secondary N) is 1. The zero-order chi connectivity index (χ0) is 19.7. The molecule has 0 saturated carbocycles. The van der Waals surface area contributed by atoms with E-state index in [2.05, 4.69) is 15.6 Å². The lowest BCUT2D eigenvalue weighted by Crippen LogP contribution is -2.26. The topological polar surface area (TPSA) is 189 Å². The van der Waals surface area contributed by atoms with Gasteiger partial charge in [-0.3, -0.25) is 5.14 Å². The number of nitrogens with zero attached hydrogens (tertiary/aromatic N) is 3. The van der Waals surface area contributed by atoms with E-state index in [1.54, 1.807) is 16.7 Å². The summed E-state index contributed by atoms with van der Waals surface area (Å²) in [4.78, 5) is 5.21. The van der Waals surface area contributed by atoms with Gasteiger partial charge in [0.15, 0.2) is 5.84 Å². The Morgan fingerprint density at radius 1 is 1.30 bits per heavy atom. The second-order valence-electron chi connectivity index (χ2n) is 5.56. The maximum Gasteiger partial charge on any atom is 0.200 e. The van der Waals surface area contributed by atoms with E-state index in [1.165, 1.54) is 0 Å². The van der Waals surface area contributed by atoms with Crippen LogP contribution in [0.1, 0.15) is 5.56 Å². The Labute approximate surface area is 161 Å². The van der Waals surface area contributed by atoms with E-state index >= 15 is 0 Å². The molecule has 10 nitrogen and oxygen atoms in total. The van der Waals surface area contributed by atoms with Gasteiger partial charge in [-0.2, -0.15) is 0 Å². The monoisotopic (exact) mass is 405 g/mol. The number of benzene rings is 2. The number of fused-ring (bicyclic) bond motifs is 1. The van der Waals surface area contributed by atoms with Crippen LogP contribution >= 0.6 is 11.9 Å². The molecule has 1 heterocycles. The number of hydrogen-bond acceptors (Lipinski definition) is 8. The molecule has 2 aromatic carbocycles. The molecule has 0 aliphatic heterocycles. The molecule has 3 aromatic rings. The first-order valence-electron chi connectivity index (χ1n) is 7.61. The van der Waals surface area contributed by atoms with Crippen LogP contribution in [-0.4, -0.2) is 19.6 Å². The third kappa shape index (κ3) is 3.24. The first-order chi connectivity index (χ1) is 12.9. The van der Waals surface area contributed by atoms with E-state index in [1.807, 2.05) is 25.2 Å². The molecule has 0 aliphatic carbocycles. The first-order valence-corrected chi connectivity index (χ1v) is 9.70. The number of amidine groups is 1. The quantitative estimate of drug-likeness (QED) is 0.111. The van der Waals surface area contributed by atoms with Gasteiger partial charge in [0.05, 0.1) is 15.9 Å². The van der Waals surface area contributed by atoms with Gasteiger partial charge < -0.3 is 16.0 Å². The highest BCUT2D eigenvalue weighted by Crippen LogP contribution is 2.36. The van der Waals surface area contributed by atoms with Gasteiger partial charge in [0.25, 0.3) is 0 Å². The van der Waals surface area contributed by atoms with E-state index in [0.717, 1.165) is 23.0 Å². The highest BCUT2D eigenvalue weighted by molar-refractivity contribution is 7.97. The number of nitrogen functional groups attached to an aromatic ring is 1. The van der Waals surface area contributed by atoms with E-state index in [0.29, 0.717) is 27.5 Å². The largest absolute Gasteiger partial charge is 0.382 e. The highest BCUT2D eigenvalue weighted by Gasteiger charge is 2.23. The summed E-state index contributed by atoms with van der Waals surface area (Å²) in [5, 5.41) is 15.3. The summed E-state index contributed by atoms with van der Waals surface area (Å²) < 4.78 is 14.0. The Hall–Kier alpha value is -2.64. The molecular weight excluding hydrogens is 386 g/mol.